The van der Waals surface area contributed by atoms with E-state index >= 15 is 0 Å². The molecule has 4 aliphatic rings. The number of amides is 2. The van der Waals surface area contributed by atoms with Crippen LogP contribution in [0.4, 0.5) is 5.69 Å². The van der Waals surface area contributed by atoms with Crippen molar-refractivity contribution in [3.05, 3.63) is 18.2 Å². The predicted molar refractivity (Wildman–Crippen MR) is 135 cm³/mol. The minimum Gasteiger partial charge on any atom is -0.448 e. The van der Waals surface area contributed by atoms with E-state index in [-0.39, 0.29) is 11.8 Å². The summed E-state index contributed by atoms with van der Waals surface area (Å²) in [5.41, 5.74) is 0.736. The molecular weight excluding hydrogens is 444 g/mol. The van der Waals surface area contributed by atoms with Gasteiger partial charge in [-0.1, -0.05) is 20.3 Å². The minimum absolute atomic E-state index is 0.0305. The van der Waals surface area contributed by atoms with Crippen molar-refractivity contribution < 1.29 is 19.1 Å². The molecule has 3 heterocycles. The second-order valence-electron chi connectivity index (χ2n) is 11.2. The number of carbonyl (C=O) groups excluding carboxylic acids is 2. The number of fused-ring (bicyclic) bond motifs is 1. The van der Waals surface area contributed by atoms with Gasteiger partial charge >= 0.3 is 0 Å². The maximum Gasteiger partial charge on any atom is 0.251 e. The van der Waals surface area contributed by atoms with Gasteiger partial charge in [0.2, 0.25) is 11.8 Å². The van der Waals surface area contributed by atoms with E-state index in [2.05, 4.69) is 29.0 Å². The molecule has 2 saturated heterocycles. The highest BCUT2D eigenvalue weighted by Gasteiger charge is 2.42. The number of piperidine rings is 1. The molecule has 3 aliphatic heterocycles. The molecule has 192 valence electrons. The van der Waals surface area contributed by atoms with Gasteiger partial charge in [-0.2, -0.15) is 0 Å². The number of carbonyl (C=O) groups is 2. The van der Waals surface area contributed by atoms with Gasteiger partial charge in [0.1, 0.15) is 0 Å². The fourth-order valence-corrected chi connectivity index (χ4v) is 6.13. The SMILES string of the molecule is C[C@H]1C[C@H](C)CN(C(=O)CN2CCN(CC(=O)Nc3ccc4c(c3)OC3(CCCCC3)O4)CC2)C1. The predicted octanol–water partition coefficient (Wildman–Crippen LogP) is 3.18. The Hall–Kier alpha value is -2.32. The van der Waals surface area contributed by atoms with Crippen molar-refractivity contribution in [3.8, 4) is 11.5 Å². The molecule has 8 heteroatoms. The summed E-state index contributed by atoms with van der Waals surface area (Å²) in [5, 5.41) is 3.01. The topological polar surface area (TPSA) is 74.4 Å². The summed E-state index contributed by atoms with van der Waals surface area (Å²) >= 11 is 0. The van der Waals surface area contributed by atoms with Gasteiger partial charge in [0.25, 0.3) is 5.79 Å². The van der Waals surface area contributed by atoms with Gasteiger partial charge in [0, 0.05) is 63.9 Å². The number of rotatable bonds is 5. The van der Waals surface area contributed by atoms with Crippen molar-refractivity contribution in [1.29, 1.82) is 0 Å². The Morgan fingerprint density at radius 1 is 0.914 bits per heavy atom. The van der Waals surface area contributed by atoms with Crippen LogP contribution in [0.3, 0.4) is 0 Å². The van der Waals surface area contributed by atoms with Crippen molar-refractivity contribution in [2.75, 3.05) is 57.7 Å². The van der Waals surface area contributed by atoms with Gasteiger partial charge in [0.15, 0.2) is 11.5 Å². The molecule has 1 aliphatic carbocycles. The average Bonchev–Trinajstić information content (AvgIpc) is 3.16. The third kappa shape index (κ3) is 5.92. The van der Waals surface area contributed by atoms with E-state index in [9.17, 15) is 9.59 Å². The van der Waals surface area contributed by atoms with E-state index in [0.717, 1.165) is 82.1 Å². The van der Waals surface area contributed by atoms with Gasteiger partial charge in [-0.15, -0.1) is 0 Å². The Morgan fingerprint density at radius 3 is 2.23 bits per heavy atom. The van der Waals surface area contributed by atoms with Gasteiger partial charge in [0.05, 0.1) is 13.1 Å². The molecule has 8 nitrogen and oxygen atoms in total. The molecular formula is C27H40N4O4. The first-order valence-corrected chi connectivity index (χ1v) is 13.4. The number of nitrogens with zero attached hydrogens (tertiary/aromatic N) is 3. The van der Waals surface area contributed by atoms with Gasteiger partial charge in [-0.05, 0) is 43.2 Å². The van der Waals surface area contributed by atoms with Crippen LogP contribution < -0.4 is 14.8 Å². The zero-order chi connectivity index (χ0) is 24.4. The van der Waals surface area contributed by atoms with Crippen LogP contribution in [0.15, 0.2) is 18.2 Å². The van der Waals surface area contributed by atoms with Crippen LogP contribution in [0.2, 0.25) is 0 Å². The Balaban J connectivity index is 1.05. The van der Waals surface area contributed by atoms with E-state index in [1.54, 1.807) is 0 Å². The van der Waals surface area contributed by atoms with Gasteiger partial charge < -0.3 is 19.7 Å². The van der Waals surface area contributed by atoms with Gasteiger partial charge in [-0.25, -0.2) is 0 Å². The lowest BCUT2D eigenvalue weighted by molar-refractivity contribution is -0.135. The first kappa shape index (κ1) is 24.4. The van der Waals surface area contributed by atoms with Crippen molar-refractivity contribution >= 4 is 17.5 Å². The number of piperazine rings is 1. The lowest BCUT2D eigenvalue weighted by Crippen LogP contribution is -2.52. The largest absolute Gasteiger partial charge is 0.448 e. The van der Waals surface area contributed by atoms with Crippen LogP contribution in [-0.2, 0) is 9.59 Å². The Kier molecular flexibility index (Phi) is 7.21. The van der Waals surface area contributed by atoms with E-state index in [4.69, 9.17) is 9.47 Å². The maximum absolute atomic E-state index is 12.8. The monoisotopic (exact) mass is 484 g/mol. The summed E-state index contributed by atoms with van der Waals surface area (Å²) in [4.78, 5) is 31.9. The fraction of sp³-hybridized carbons (Fsp3) is 0.704. The van der Waals surface area contributed by atoms with E-state index in [1.165, 1.54) is 12.8 Å². The molecule has 1 N–H and O–H groups in total. The second kappa shape index (κ2) is 10.3. The van der Waals surface area contributed by atoms with Crippen LogP contribution in [0.5, 0.6) is 11.5 Å². The van der Waals surface area contributed by atoms with Crippen LogP contribution in [0.1, 0.15) is 52.4 Å². The number of benzene rings is 1. The molecule has 35 heavy (non-hydrogen) atoms. The van der Waals surface area contributed by atoms with E-state index in [0.29, 0.717) is 24.9 Å². The van der Waals surface area contributed by atoms with Crippen LogP contribution in [0, 0.1) is 11.8 Å². The van der Waals surface area contributed by atoms with Crippen molar-refractivity contribution in [3.63, 3.8) is 0 Å². The summed E-state index contributed by atoms with van der Waals surface area (Å²) in [6.07, 6.45) is 6.50. The highest BCUT2D eigenvalue weighted by atomic mass is 16.7. The third-order valence-electron chi connectivity index (χ3n) is 7.85. The van der Waals surface area contributed by atoms with Crippen LogP contribution in [0.25, 0.3) is 0 Å². The summed E-state index contributed by atoms with van der Waals surface area (Å²) < 4.78 is 12.3. The smallest absolute Gasteiger partial charge is 0.251 e. The number of hydrogen-bond donors (Lipinski definition) is 1. The van der Waals surface area contributed by atoms with Crippen molar-refractivity contribution in [2.45, 2.75) is 58.2 Å². The molecule has 0 radical (unpaired) electrons. The first-order valence-electron chi connectivity index (χ1n) is 13.4. The Bertz CT molecular complexity index is 914. The Labute approximate surface area is 208 Å². The average molecular weight is 485 g/mol. The molecule has 3 fully saturated rings. The summed E-state index contributed by atoms with van der Waals surface area (Å²) in [6.45, 7) is 10.3. The quantitative estimate of drug-likeness (QED) is 0.692. The molecule has 1 saturated carbocycles. The van der Waals surface area contributed by atoms with Gasteiger partial charge in [-0.3, -0.25) is 19.4 Å². The molecule has 0 unspecified atom stereocenters. The number of nitrogens with one attached hydrogen (secondary N) is 1. The molecule has 0 bridgehead atoms. The number of ether oxygens (including phenoxy) is 2. The zero-order valence-corrected chi connectivity index (χ0v) is 21.3. The summed E-state index contributed by atoms with van der Waals surface area (Å²) in [5.74, 6) is 2.36. The highest BCUT2D eigenvalue weighted by molar-refractivity contribution is 5.92. The summed E-state index contributed by atoms with van der Waals surface area (Å²) in [7, 11) is 0. The lowest BCUT2D eigenvalue weighted by atomic mass is 9.92. The van der Waals surface area contributed by atoms with Crippen molar-refractivity contribution in [2.24, 2.45) is 11.8 Å². The molecule has 1 aromatic rings. The molecule has 1 spiro atoms. The second-order valence-corrected chi connectivity index (χ2v) is 11.2. The molecule has 1 aromatic carbocycles. The minimum atomic E-state index is -0.505. The van der Waals surface area contributed by atoms with E-state index in [1.807, 2.05) is 23.1 Å². The maximum atomic E-state index is 12.8. The first-order chi connectivity index (χ1) is 16.9. The third-order valence-corrected chi connectivity index (χ3v) is 7.85. The van der Waals surface area contributed by atoms with Crippen LogP contribution >= 0.6 is 0 Å². The van der Waals surface area contributed by atoms with E-state index < -0.39 is 5.79 Å². The molecule has 2 atom stereocenters. The number of hydrogen-bond acceptors (Lipinski definition) is 6. The molecule has 0 aromatic heterocycles. The fourth-order valence-electron chi connectivity index (χ4n) is 6.13. The normalized spacial score (nSPS) is 26.6. The standard InChI is InChI=1S/C27H40N4O4/c1-20-14-21(2)17-31(16-20)26(33)19-30-12-10-29(11-13-30)18-25(32)28-22-6-7-23-24(15-22)35-27(34-23)8-4-3-5-9-27/h6-7,15,20-21H,3-5,8-14,16-19H2,1-2H3,(H,28,32)/t20-,21-/m0/s1. The molecule has 5 rings (SSSR count). The zero-order valence-electron chi connectivity index (χ0n) is 21.3. The lowest BCUT2D eigenvalue weighted by Gasteiger charge is -2.38. The number of anilines is 1. The summed E-state index contributed by atoms with van der Waals surface area (Å²) in [6, 6.07) is 5.66. The Morgan fingerprint density at radius 2 is 1.54 bits per heavy atom. The molecule has 2 amide bonds. The van der Waals surface area contributed by atoms with Crippen LogP contribution in [-0.4, -0.2) is 84.7 Å². The number of likely N-dealkylation sites (tertiary alicyclic amines) is 1. The van der Waals surface area contributed by atoms with Crippen molar-refractivity contribution in [1.82, 2.24) is 14.7 Å². The highest BCUT2D eigenvalue weighted by Crippen LogP contribution is 2.46.